The molecule has 0 unspecified atom stereocenters. The third kappa shape index (κ3) is 2.51. The topological polar surface area (TPSA) is 28.5 Å². The number of alkyl halides is 3. The largest absolute Gasteiger partial charge is 0.419 e. The molecule has 1 aromatic heterocycles. The molecule has 3 rings (SSSR count). The molecule has 1 aromatic carbocycles. The maximum absolute atomic E-state index is 13.4. The van der Waals surface area contributed by atoms with E-state index < -0.39 is 23.5 Å². The fourth-order valence-corrected chi connectivity index (χ4v) is 2.18. The predicted octanol–water partition coefficient (Wildman–Crippen LogP) is 3.91. The van der Waals surface area contributed by atoms with E-state index in [1.54, 1.807) is 0 Å². The number of rotatable bonds is 1. The normalized spacial score (nSPS) is 14.1. The van der Waals surface area contributed by atoms with Crippen LogP contribution in [0, 0.1) is 11.8 Å². The van der Waals surface area contributed by atoms with E-state index in [0.717, 1.165) is 12.1 Å². The van der Waals surface area contributed by atoms with Crippen LogP contribution in [0.3, 0.4) is 0 Å². The van der Waals surface area contributed by atoms with Gasteiger partial charge in [-0.05, 0) is 18.2 Å². The summed E-state index contributed by atoms with van der Waals surface area (Å²) in [6, 6.07) is 3.77. The maximum Gasteiger partial charge on any atom is 0.419 e. The molecule has 1 aliphatic rings. The smallest absolute Gasteiger partial charge is 0.319 e. The van der Waals surface area contributed by atoms with Gasteiger partial charge in [0.05, 0.1) is 17.4 Å². The molecule has 0 saturated heterocycles. The zero-order valence-electron chi connectivity index (χ0n) is 10.9. The van der Waals surface area contributed by atoms with Crippen LogP contribution in [0.5, 0.6) is 0 Å². The molecule has 8 heteroatoms. The Bertz CT molecular complexity index is 755. The van der Waals surface area contributed by atoms with Crippen LogP contribution in [0.1, 0.15) is 11.1 Å². The molecular weight excluding hydrogens is 305 g/mol. The Hall–Kier alpha value is -2.51. The van der Waals surface area contributed by atoms with Crippen molar-refractivity contribution in [1.82, 2.24) is 4.98 Å². The summed E-state index contributed by atoms with van der Waals surface area (Å²) in [4.78, 5) is 8.85. The first-order chi connectivity index (χ1) is 10.4. The van der Waals surface area contributed by atoms with Gasteiger partial charge in [0.15, 0.2) is 0 Å². The summed E-state index contributed by atoms with van der Waals surface area (Å²) in [6.07, 6.45) is -2.19. The average molecular weight is 313 g/mol. The number of pyridine rings is 1. The van der Waals surface area contributed by atoms with E-state index in [1.807, 2.05) is 0 Å². The van der Waals surface area contributed by atoms with Gasteiger partial charge in [-0.3, -0.25) is 4.99 Å². The van der Waals surface area contributed by atoms with Gasteiger partial charge in [0.2, 0.25) is 5.95 Å². The highest BCUT2D eigenvalue weighted by Gasteiger charge is 2.35. The highest BCUT2D eigenvalue weighted by atomic mass is 19.4. The molecule has 2 heterocycles. The average Bonchev–Trinajstić information content (AvgIpc) is 2.45. The number of nitrogens with zero attached hydrogens (tertiary/aromatic N) is 3. The van der Waals surface area contributed by atoms with E-state index in [1.165, 1.54) is 23.4 Å². The minimum absolute atomic E-state index is 0.0310. The van der Waals surface area contributed by atoms with Crippen molar-refractivity contribution in [3.63, 3.8) is 0 Å². The van der Waals surface area contributed by atoms with Gasteiger partial charge in [-0.25, -0.2) is 9.37 Å². The first-order valence-electron chi connectivity index (χ1n) is 6.16. The van der Waals surface area contributed by atoms with Gasteiger partial charge in [0.1, 0.15) is 12.5 Å². The molecule has 22 heavy (non-hydrogen) atoms. The van der Waals surface area contributed by atoms with E-state index in [4.69, 9.17) is 0 Å². The van der Waals surface area contributed by atoms with Crippen LogP contribution < -0.4 is 4.90 Å². The monoisotopic (exact) mass is 313 g/mol. The summed E-state index contributed by atoms with van der Waals surface area (Å²) in [5.41, 5.74) is -0.482. The van der Waals surface area contributed by atoms with Gasteiger partial charge in [0.25, 0.3) is 0 Å². The molecule has 2 aromatic rings. The molecule has 0 radical (unpaired) electrons. The van der Waals surface area contributed by atoms with Crippen molar-refractivity contribution in [3.8, 4) is 0 Å². The number of aliphatic imine (C=N–C) groups is 1. The van der Waals surface area contributed by atoms with Crippen LogP contribution in [-0.2, 0) is 6.18 Å². The van der Waals surface area contributed by atoms with Crippen molar-refractivity contribution in [2.45, 2.75) is 6.18 Å². The van der Waals surface area contributed by atoms with Crippen LogP contribution in [0.2, 0.25) is 0 Å². The molecular formula is C14H8F5N3. The lowest BCUT2D eigenvalue weighted by Crippen LogP contribution is -2.23. The fraction of sp³-hybridized carbons (Fsp3) is 0.143. The molecule has 0 amide bonds. The SMILES string of the molecule is Fc1cc2c(cn1)N(c1ccc(F)c(C(F)(F)F)c1)CN=C2. The fourth-order valence-electron chi connectivity index (χ4n) is 2.18. The highest BCUT2D eigenvalue weighted by Crippen LogP contribution is 2.36. The Balaban J connectivity index is 2.08. The van der Waals surface area contributed by atoms with Crippen LogP contribution in [0.15, 0.2) is 35.5 Å². The highest BCUT2D eigenvalue weighted by molar-refractivity contribution is 5.91. The summed E-state index contributed by atoms with van der Waals surface area (Å²) in [6.45, 7) is 0.0310. The van der Waals surface area contributed by atoms with Gasteiger partial charge in [-0.2, -0.15) is 17.6 Å². The molecule has 0 N–H and O–H groups in total. The summed E-state index contributed by atoms with van der Waals surface area (Å²) < 4.78 is 64.8. The second kappa shape index (κ2) is 5.04. The van der Waals surface area contributed by atoms with Crippen LogP contribution >= 0.6 is 0 Å². The number of hydrogen-bond donors (Lipinski definition) is 0. The summed E-state index contributed by atoms with van der Waals surface area (Å²) in [7, 11) is 0. The molecule has 0 aliphatic carbocycles. The lowest BCUT2D eigenvalue weighted by atomic mass is 10.1. The Labute approximate surface area is 121 Å². The lowest BCUT2D eigenvalue weighted by Gasteiger charge is -2.27. The first kappa shape index (κ1) is 14.4. The molecule has 0 atom stereocenters. The predicted molar refractivity (Wildman–Crippen MR) is 70.2 cm³/mol. The van der Waals surface area contributed by atoms with Crippen LogP contribution in [-0.4, -0.2) is 17.9 Å². The van der Waals surface area contributed by atoms with Crippen molar-refractivity contribution < 1.29 is 22.0 Å². The number of halogens is 5. The number of aromatic nitrogens is 1. The van der Waals surface area contributed by atoms with E-state index >= 15 is 0 Å². The van der Waals surface area contributed by atoms with E-state index in [2.05, 4.69) is 9.98 Å². The lowest BCUT2D eigenvalue weighted by molar-refractivity contribution is -0.139. The first-order valence-corrected chi connectivity index (χ1v) is 6.16. The third-order valence-electron chi connectivity index (χ3n) is 3.19. The Morgan fingerprint density at radius 1 is 1.09 bits per heavy atom. The zero-order valence-corrected chi connectivity index (χ0v) is 10.9. The molecule has 0 bridgehead atoms. The van der Waals surface area contributed by atoms with Crippen molar-refractivity contribution >= 4 is 17.6 Å². The third-order valence-corrected chi connectivity index (χ3v) is 3.19. The second-order valence-corrected chi connectivity index (χ2v) is 4.61. The number of benzene rings is 1. The molecule has 3 nitrogen and oxygen atoms in total. The second-order valence-electron chi connectivity index (χ2n) is 4.61. The minimum atomic E-state index is -4.80. The van der Waals surface area contributed by atoms with Crippen LogP contribution in [0.4, 0.5) is 33.3 Å². The van der Waals surface area contributed by atoms with Gasteiger partial charge in [0, 0.05) is 23.5 Å². The van der Waals surface area contributed by atoms with E-state index in [0.29, 0.717) is 17.3 Å². The number of anilines is 2. The maximum atomic E-state index is 13.4. The number of fused-ring (bicyclic) bond motifs is 1. The van der Waals surface area contributed by atoms with Crippen LogP contribution in [0.25, 0.3) is 0 Å². The van der Waals surface area contributed by atoms with Crippen molar-refractivity contribution in [3.05, 3.63) is 53.4 Å². The molecule has 1 aliphatic heterocycles. The summed E-state index contributed by atoms with van der Waals surface area (Å²) in [5, 5.41) is 0. The van der Waals surface area contributed by atoms with Gasteiger partial charge < -0.3 is 4.90 Å². The van der Waals surface area contributed by atoms with E-state index in [9.17, 15) is 22.0 Å². The Morgan fingerprint density at radius 2 is 1.86 bits per heavy atom. The Morgan fingerprint density at radius 3 is 2.59 bits per heavy atom. The Kier molecular flexibility index (Phi) is 3.31. The molecule has 0 fully saturated rings. The van der Waals surface area contributed by atoms with Crippen molar-refractivity contribution in [2.24, 2.45) is 4.99 Å². The zero-order chi connectivity index (χ0) is 15.9. The number of hydrogen-bond acceptors (Lipinski definition) is 3. The minimum Gasteiger partial charge on any atom is -0.319 e. The quantitative estimate of drug-likeness (QED) is 0.590. The van der Waals surface area contributed by atoms with E-state index in [-0.39, 0.29) is 12.4 Å². The van der Waals surface area contributed by atoms with Gasteiger partial charge >= 0.3 is 6.18 Å². The molecule has 114 valence electrons. The van der Waals surface area contributed by atoms with Crippen molar-refractivity contribution in [1.29, 1.82) is 0 Å². The molecule has 0 spiro atoms. The van der Waals surface area contributed by atoms with Crippen molar-refractivity contribution in [2.75, 3.05) is 11.6 Å². The summed E-state index contributed by atoms with van der Waals surface area (Å²) >= 11 is 0. The van der Waals surface area contributed by atoms with Gasteiger partial charge in [-0.1, -0.05) is 0 Å². The summed E-state index contributed by atoms with van der Waals surface area (Å²) in [5.74, 6) is -2.07. The molecule has 0 saturated carbocycles. The van der Waals surface area contributed by atoms with Gasteiger partial charge in [-0.15, -0.1) is 0 Å². The standard InChI is InChI=1S/C14H8F5N3/c15-11-2-1-9(4-10(11)14(17,18)19)22-7-20-5-8-3-13(16)21-6-12(8)22/h1-6H,7H2.